The molecule has 0 spiro atoms. The van der Waals surface area contributed by atoms with Crippen LogP contribution in [0.1, 0.15) is 33.1 Å². The second-order valence-corrected chi connectivity index (χ2v) is 6.72. The molecule has 0 bridgehead atoms. The molecule has 0 fully saturated rings. The van der Waals surface area contributed by atoms with E-state index in [9.17, 15) is 0 Å². The van der Waals surface area contributed by atoms with Crippen molar-refractivity contribution in [1.29, 1.82) is 0 Å². The molecule has 0 aliphatic carbocycles. The molecule has 0 saturated heterocycles. The standard InChI is InChI=1S/C18H21Cl3O2/c1-3-5-10-22-13-7-8-14-12(11-13)6-9-16(17(14)20)23-18(21)15(19)4-2/h6-9,11,15,18H,3-5,10H2,1-2H3. The molecule has 0 radical (unpaired) electrons. The van der Waals surface area contributed by atoms with E-state index in [2.05, 4.69) is 6.92 Å². The van der Waals surface area contributed by atoms with E-state index in [1.54, 1.807) is 0 Å². The normalized spacial score (nSPS) is 13.8. The highest BCUT2D eigenvalue weighted by Crippen LogP contribution is 2.36. The van der Waals surface area contributed by atoms with E-state index in [-0.39, 0.29) is 5.38 Å². The van der Waals surface area contributed by atoms with Crippen LogP contribution in [0.3, 0.4) is 0 Å². The number of hydrogen-bond donors (Lipinski definition) is 0. The summed E-state index contributed by atoms with van der Waals surface area (Å²) in [6, 6.07) is 9.60. The SMILES string of the molecule is CCCCOc1ccc2c(Cl)c(OC(Cl)C(Cl)CC)ccc2c1. The highest BCUT2D eigenvalue weighted by atomic mass is 35.5. The van der Waals surface area contributed by atoms with Gasteiger partial charge < -0.3 is 9.47 Å². The first kappa shape index (κ1) is 18.5. The van der Waals surface area contributed by atoms with Crippen LogP contribution in [0.4, 0.5) is 0 Å². The zero-order valence-electron chi connectivity index (χ0n) is 13.3. The van der Waals surface area contributed by atoms with Crippen molar-refractivity contribution in [3.8, 4) is 11.5 Å². The van der Waals surface area contributed by atoms with Gasteiger partial charge in [0.05, 0.1) is 17.0 Å². The quantitative estimate of drug-likeness (QED) is 0.380. The van der Waals surface area contributed by atoms with Gasteiger partial charge in [-0.1, -0.05) is 49.5 Å². The predicted molar refractivity (Wildman–Crippen MR) is 99.6 cm³/mol. The van der Waals surface area contributed by atoms with Gasteiger partial charge in [-0.3, -0.25) is 0 Å². The first-order valence-corrected chi connectivity index (χ1v) is 9.11. The number of unbranched alkanes of at least 4 members (excludes halogenated alkanes) is 1. The Labute approximate surface area is 152 Å². The molecule has 2 nitrogen and oxygen atoms in total. The highest BCUT2D eigenvalue weighted by molar-refractivity contribution is 6.37. The van der Waals surface area contributed by atoms with Crippen molar-refractivity contribution < 1.29 is 9.47 Å². The van der Waals surface area contributed by atoms with Crippen LogP contribution in [0, 0.1) is 0 Å². The third-order valence-corrected chi connectivity index (χ3v) is 5.02. The minimum atomic E-state index is -0.617. The van der Waals surface area contributed by atoms with E-state index >= 15 is 0 Å². The van der Waals surface area contributed by atoms with Crippen LogP contribution in [-0.4, -0.2) is 17.5 Å². The third-order valence-electron chi connectivity index (χ3n) is 3.57. The van der Waals surface area contributed by atoms with Crippen molar-refractivity contribution in [1.82, 2.24) is 0 Å². The number of halogens is 3. The molecule has 5 heteroatoms. The monoisotopic (exact) mass is 374 g/mol. The lowest BCUT2D eigenvalue weighted by atomic mass is 10.1. The second-order valence-electron chi connectivity index (χ2n) is 5.36. The number of benzene rings is 2. The molecule has 0 aromatic heterocycles. The average Bonchev–Trinajstić information content (AvgIpc) is 2.56. The number of fused-ring (bicyclic) bond motifs is 1. The van der Waals surface area contributed by atoms with Gasteiger partial charge in [0.15, 0.2) is 5.56 Å². The van der Waals surface area contributed by atoms with Crippen molar-refractivity contribution in [3.63, 3.8) is 0 Å². The number of rotatable bonds is 8. The van der Waals surface area contributed by atoms with Crippen LogP contribution >= 0.6 is 34.8 Å². The fourth-order valence-electron chi connectivity index (χ4n) is 2.15. The molecule has 2 unspecified atom stereocenters. The largest absolute Gasteiger partial charge is 0.494 e. The molecule has 2 aromatic rings. The van der Waals surface area contributed by atoms with Gasteiger partial charge in [0.25, 0.3) is 0 Å². The van der Waals surface area contributed by atoms with Gasteiger partial charge in [-0.25, -0.2) is 0 Å². The summed E-state index contributed by atoms with van der Waals surface area (Å²) in [5.74, 6) is 1.38. The minimum Gasteiger partial charge on any atom is -0.494 e. The Morgan fingerprint density at radius 1 is 1.09 bits per heavy atom. The Balaban J connectivity index is 2.20. The summed E-state index contributed by atoms with van der Waals surface area (Å²) in [6.45, 7) is 4.82. The summed E-state index contributed by atoms with van der Waals surface area (Å²) < 4.78 is 11.4. The lowest BCUT2D eigenvalue weighted by Crippen LogP contribution is -2.20. The van der Waals surface area contributed by atoms with Gasteiger partial charge in [-0.2, -0.15) is 0 Å². The molecule has 0 aliphatic heterocycles. The first-order chi connectivity index (χ1) is 11.1. The lowest BCUT2D eigenvalue weighted by Gasteiger charge is -2.18. The van der Waals surface area contributed by atoms with E-state index < -0.39 is 5.56 Å². The number of ether oxygens (including phenoxy) is 2. The Hall–Kier alpha value is -0.830. The minimum absolute atomic E-state index is 0.266. The van der Waals surface area contributed by atoms with Crippen molar-refractivity contribution >= 4 is 45.6 Å². The summed E-state index contributed by atoms with van der Waals surface area (Å²) in [5.41, 5.74) is -0.617. The van der Waals surface area contributed by atoms with E-state index in [4.69, 9.17) is 44.3 Å². The average molecular weight is 376 g/mol. The van der Waals surface area contributed by atoms with Crippen molar-refractivity contribution in [2.24, 2.45) is 0 Å². The summed E-state index contributed by atoms with van der Waals surface area (Å²) in [7, 11) is 0. The topological polar surface area (TPSA) is 18.5 Å². The number of hydrogen-bond acceptors (Lipinski definition) is 2. The van der Waals surface area contributed by atoms with Gasteiger partial charge in [0.2, 0.25) is 0 Å². The molecule has 0 N–H and O–H groups in total. The van der Waals surface area contributed by atoms with Crippen LogP contribution in [0.2, 0.25) is 5.02 Å². The Morgan fingerprint density at radius 2 is 1.87 bits per heavy atom. The van der Waals surface area contributed by atoms with Crippen LogP contribution < -0.4 is 9.47 Å². The van der Waals surface area contributed by atoms with Crippen molar-refractivity contribution in [3.05, 3.63) is 35.4 Å². The predicted octanol–water partition coefficient (Wildman–Crippen LogP) is 6.63. The maximum absolute atomic E-state index is 6.45. The van der Waals surface area contributed by atoms with Gasteiger partial charge >= 0.3 is 0 Å². The molecule has 0 aliphatic rings. The van der Waals surface area contributed by atoms with E-state index in [0.717, 1.165) is 42.4 Å². The summed E-state index contributed by atoms with van der Waals surface area (Å²) in [4.78, 5) is 0. The highest BCUT2D eigenvalue weighted by Gasteiger charge is 2.18. The van der Waals surface area contributed by atoms with Crippen LogP contribution in [0.5, 0.6) is 11.5 Å². The zero-order chi connectivity index (χ0) is 16.8. The molecular weight excluding hydrogens is 355 g/mol. The number of alkyl halides is 2. The Morgan fingerprint density at radius 3 is 2.57 bits per heavy atom. The van der Waals surface area contributed by atoms with E-state index in [0.29, 0.717) is 10.8 Å². The van der Waals surface area contributed by atoms with Gasteiger partial charge in [0.1, 0.15) is 11.5 Å². The summed E-state index contributed by atoms with van der Waals surface area (Å²) in [5, 5.41) is 2.17. The molecule has 0 amide bonds. The van der Waals surface area contributed by atoms with E-state index in [1.807, 2.05) is 37.3 Å². The Kier molecular flexibility index (Phi) is 7.13. The molecule has 2 rings (SSSR count). The fourth-order valence-corrected chi connectivity index (χ4v) is 2.75. The molecule has 126 valence electrons. The molecular formula is C18H21Cl3O2. The molecule has 0 heterocycles. The van der Waals surface area contributed by atoms with Crippen LogP contribution in [0.15, 0.2) is 30.3 Å². The summed E-state index contributed by atoms with van der Waals surface area (Å²) in [6.07, 6.45) is 2.87. The zero-order valence-corrected chi connectivity index (χ0v) is 15.6. The molecule has 23 heavy (non-hydrogen) atoms. The lowest BCUT2D eigenvalue weighted by molar-refractivity contribution is 0.273. The first-order valence-electron chi connectivity index (χ1n) is 7.86. The van der Waals surface area contributed by atoms with Crippen molar-refractivity contribution in [2.45, 2.75) is 44.1 Å². The van der Waals surface area contributed by atoms with Crippen molar-refractivity contribution in [2.75, 3.05) is 6.61 Å². The van der Waals surface area contributed by atoms with Crippen LogP contribution in [0.25, 0.3) is 10.8 Å². The second kappa shape index (κ2) is 8.86. The fraction of sp³-hybridized carbons (Fsp3) is 0.444. The molecule has 0 saturated carbocycles. The van der Waals surface area contributed by atoms with E-state index in [1.165, 1.54) is 0 Å². The third kappa shape index (κ3) is 4.82. The van der Waals surface area contributed by atoms with Gasteiger partial charge in [-0.15, -0.1) is 11.6 Å². The maximum atomic E-state index is 6.45. The molecule has 2 aromatic carbocycles. The summed E-state index contributed by atoms with van der Waals surface area (Å²) >= 11 is 18.7. The smallest absolute Gasteiger partial charge is 0.188 e. The maximum Gasteiger partial charge on any atom is 0.188 e. The molecule has 2 atom stereocenters. The van der Waals surface area contributed by atoms with Gasteiger partial charge in [0, 0.05) is 5.39 Å². The Bertz CT molecular complexity index is 645. The van der Waals surface area contributed by atoms with Crippen LogP contribution in [-0.2, 0) is 0 Å². The van der Waals surface area contributed by atoms with Gasteiger partial charge in [-0.05, 0) is 42.5 Å².